The number of sulfonamides is 1. The van der Waals surface area contributed by atoms with Crippen LogP contribution in [0.3, 0.4) is 0 Å². The van der Waals surface area contributed by atoms with Crippen LogP contribution in [0.5, 0.6) is 0 Å². The summed E-state index contributed by atoms with van der Waals surface area (Å²) in [5, 5.41) is 0.994. The summed E-state index contributed by atoms with van der Waals surface area (Å²) in [6.07, 6.45) is 0. The first-order chi connectivity index (χ1) is 18.1. The van der Waals surface area contributed by atoms with Crippen molar-refractivity contribution in [2.75, 3.05) is 11.4 Å². The number of hydrogen-bond donors (Lipinski definition) is 0. The van der Waals surface area contributed by atoms with Crippen molar-refractivity contribution in [3.63, 3.8) is 0 Å². The Morgan fingerprint density at radius 3 is 2.03 bits per heavy atom. The van der Waals surface area contributed by atoms with Gasteiger partial charge in [-0.15, -0.1) is 0 Å². The van der Waals surface area contributed by atoms with Crippen molar-refractivity contribution in [1.29, 1.82) is 0 Å². The Morgan fingerprint density at radius 1 is 0.868 bits per heavy atom. The van der Waals surface area contributed by atoms with E-state index in [1.807, 2.05) is 22.6 Å². The fourth-order valence-corrected chi connectivity index (χ4v) is 7.01. The number of anilines is 1. The highest BCUT2D eigenvalue weighted by atomic mass is 127. The van der Waals surface area contributed by atoms with Crippen molar-refractivity contribution in [1.82, 2.24) is 4.57 Å². The van der Waals surface area contributed by atoms with Gasteiger partial charge in [-0.25, -0.2) is 17.5 Å². The smallest absolute Gasteiger partial charge is 0.337 e. The van der Waals surface area contributed by atoms with E-state index in [4.69, 9.17) is 27.9 Å². The molecule has 0 bridgehead atoms. The molecular weight excluding hydrogens is 662 g/mol. The Kier molecular flexibility index (Phi) is 7.29. The number of aromatic nitrogens is 1. The average molecular weight is 681 g/mol. The number of carbonyl (C=O) groups excluding carboxylic acids is 1. The van der Waals surface area contributed by atoms with E-state index in [0.717, 1.165) is 0 Å². The summed E-state index contributed by atoms with van der Waals surface area (Å²) in [5.74, 6) is -0.471. The largest absolute Gasteiger partial charge is 0.465 e. The number of halogens is 3. The number of hydrogen-bond acceptors (Lipinski definition) is 5. The molecule has 38 heavy (non-hydrogen) atoms. The molecule has 5 rings (SSSR count). The molecule has 3 aromatic carbocycles. The van der Waals surface area contributed by atoms with Crippen LogP contribution >= 0.6 is 45.8 Å². The molecule has 1 aliphatic rings. The second-order valence-corrected chi connectivity index (χ2v) is 12.4. The van der Waals surface area contributed by atoms with E-state index in [9.17, 15) is 18.0 Å². The van der Waals surface area contributed by atoms with E-state index in [1.54, 1.807) is 60.7 Å². The van der Waals surface area contributed by atoms with Gasteiger partial charge in [-0.05, 0) is 88.3 Å². The van der Waals surface area contributed by atoms with Gasteiger partial charge in [-0.2, -0.15) is 0 Å². The van der Waals surface area contributed by atoms with Gasteiger partial charge in [-0.1, -0.05) is 53.5 Å². The number of benzene rings is 3. The molecule has 0 spiro atoms. The molecule has 0 N–H and O–H groups in total. The van der Waals surface area contributed by atoms with Crippen molar-refractivity contribution in [3.05, 3.63) is 126 Å². The SMILES string of the molecule is COC(=O)c1cccc(S(=O)(=O)N2c3ccc(I)c(=O)n3C(c3ccc(Cl)cc3)C2c2ccc(Cl)cc2)c1. The van der Waals surface area contributed by atoms with Crippen molar-refractivity contribution in [2.24, 2.45) is 0 Å². The molecule has 194 valence electrons. The van der Waals surface area contributed by atoms with Gasteiger partial charge in [0, 0.05) is 10.0 Å². The van der Waals surface area contributed by atoms with E-state index >= 15 is 0 Å². The summed E-state index contributed by atoms with van der Waals surface area (Å²) < 4.78 is 36.6. The summed E-state index contributed by atoms with van der Waals surface area (Å²) >= 11 is 14.3. The first-order valence-electron chi connectivity index (χ1n) is 11.3. The molecule has 0 saturated carbocycles. The predicted octanol–water partition coefficient (Wildman–Crippen LogP) is 6.09. The topological polar surface area (TPSA) is 85.7 Å². The van der Waals surface area contributed by atoms with Crippen LogP contribution in [0.4, 0.5) is 5.82 Å². The monoisotopic (exact) mass is 680 g/mol. The lowest BCUT2D eigenvalue weighted by Gasteiger charge is -2.29. The van der Waals surface area contributed by atoms with Crippen LogP contribution in [0.15, 0.2) is 94.6 Å². The summed E-state index contributed by atoms with van der Waals surface area (Å²) in [6, 6.07) is 21.0. The Bertz CT molecular complexity index is 1710. The molecule has 0 amide bonds. The molecule has 7 nitrogen and oxygen atoms in total. The molecular formula is C27H19Cl2IN2O5S. The third-order valence-electron chi connectivity index (χ3n) is 6.34. The quantitative estimate of drug-likeness (QED) is 0.188. The van der Waals surface area contributed by atoms with Gasteiger partial charge in [0.25, 0.3) is 15.6 Å². The lowest BCUT2D eigenvalue weighted by molar-refractivity contribution is 0.0600. The van der Waals surface area contributed by atoms with E-state index in [2.05, 4.69) is 0 Å². The van der Waals surface area contributed by atoms with E-state index in [-0.39, 0.29) is 21.8 Å². The minimum absolute atomic E-state index is 0.0880. The first-order valence-corrected chi connectivity index (χ1v) is 14.6. The normalized spacial score (nSPS) is 16.8. The molecule has 0 radical (unpaired) electrons. The lowest BCUT2D eigenvalue weighted by atomic mass is 9.94. The van der Waals surface area contributed by atoms with Crippen LogP contribution < -0.4 is 9.86 Å². The summed E-state index contributed by atoms with van der Waals surface area (Å²) in [5.41, 5.74) is 1.08. The number of carbonyl (C=O) groups is 1. The van der Waals surface area contributed by atoms with Crippen LogP contribution in [0.25, 0.3) is 0 Å². The highest BCUT2D eigenvalue weighted by Gasteiger charge is 2.47. The van der Waals surface area contributed by atoms with Crippen LogP contribution in [0.2, 0.25) is 10.0 Å². The third kappa shape index (κ3) is 4.61. The number of nitrogens with zero attached hydrogens (tertiary/aromatic N) is 2. The Hall–Kier alpha value is -2.86. The van der Waals surface area contributed by atoms with Crippen molar-refractivity contribution >= 4 is 67.6 Å². The van der Waals surface area contributed by atoms with Gasteiger partial charge in [0.05, 0.1) is 33.2 Å². The number of fused-ring (bicyclic) bond motifs is 1. The molecule has 1 aromatic heterocycles. The molecule has 2 atom stereocenters. The number of rotatable bonds is 5. The molecule has 1 aliphatic heterocycles. The number of ether oxygens (including phenoxy) is 1. The van der Waals surface area contributed by atoms with E-state index in [1.165, 1.54) is 40.2 Å². The highest BCUT2D eigenvalue weighted by Crippen LogP contribution is 2.49. The third-order valence-corrected chi connectivity index (χ3v) is 9.45. The van der Waals surface area contributed by atoms with Gasteiger partial charge in [-0.3, -0.25) is 9.36 Å². The van der Waals surface area contributed by atoms with Gasteiger partial charge in [0.1, 0.15) is 5.82 Å². The van der Waals surface area contributed by atoms with E-state index in [0.29, 0.717) is 24.7 Å². The van der Waals surface area contributed by atoms with Crippen LogP contribution in [0.1, 0.15) is 33.6 Å². The predicted molar refractivity (Wildman–Crippen MR) is 155 cm³/mol. The number of methoxy groups -OCH3 is 1. The van der Waals surface area contributed by atoms with Gasteiger partial charge < -0.3 is 4.74 Å². The molecule has 0 aliphatic carbocycles. The Balaban J connectivity index is 1.81. The fourth-order valence-electron chi connectivity index (χ4n) is 4.64. The van der Waals surface area contributed by atoms with Crippen LogP contribution in [-0.4, -0.2) is 26.1 Å². The molecule has 11 heteroatoms. The zero-order valence-electron chi connectivity index (χ0n) is 19.7. The zero-order chi connectivity index (χ0) is 27.2. The summed E-state index contributed by atoms with van der Waals surface area (Å²) in [4.78, 5) is 25.6. The van der Waals surface area contributed by atoms with Crippen molar-refractivity contribution in [2.45, 2.75) is 17.0 Å². The maximum absolute atomic E-state index is 14.3. The average Bonchev–Trinajstić information content (AvgIpc) is 3.28. The minimum Gasteiger partial charge on any atom is -0.465 e. The molecule has 2 heterocycles. The number of pyridine rings is 1. The second kappa shape index (κ2) is 10.4. The summed E-state index contributed by atoms with van der Waals surface area (Å²) in [7, 11) is -3.07. The molecule has 0 fully saturated rings. The van der Waals surface area contributed by atoms with Gasteiger partial charge >= 0.3 is 5.97 Å². The van der Waals surface area contributed by atoms with E-state index < -0.39 is 28.1 Å². The van der Waals surface area contributed by atoms with Crippen LogP contribution in [0, 0.1) is 3.57 Å². The molecule has 2 unspecified atom stereocenters. The van der Waals surface area contributed by atoms with Crippen molar-refractivity contribution < 1.29 is 17.9 Å². The van der Waals surface area contributed by atoms with Gasteiger partial charge in [0.2, 0.25) is 0 Å². The highest BCUT2D eigenvalue weighted by molar-refractivity contribution is 14.1. The molecule has 4 aromatic rings. The lowest BCUT2D eigenvalue weighted by Crippen LogP contribution is -2.34. The number of esters is 1. The maximum atomic E-state index is 14.3. The second-order valence-electron chi connectivity index (χ2n) is 8.53. The fraction of sp³-hybridized carbons (Fsp3) is 0.111. The Morgan fingerprint density at radius 2 is 1.45 bits per heavy atom. The minimum atomic E-state index is -4.30. The zero-order valence-corrected chi connectivity index (χ0v) is 24.2. The molecule has 0 saturated heterocycles. The summed E-state index contributed by atoms with van der Waals surface area (Å²) in [6.45, 7) is 0. The van der Waals surface area contributed by atoms with Gasteiger partial charge in [0.15, 0.2) is 0 Å². The Labute approximate surface area is 242 Å². The standard InChI is InChI=1S/C27H19Cl2IN2O5S/c1-37-27(34)18-3-2-4-21(15-18)38(35,36)32-23-14-13-22(30)26(33)31(23)24(16-5-9-19(28)10-6-16)25(32)17-7-11-20(29)12-8-17/h2-15,24-25H,1H3. The van der Waals surface area contributed by atoms with Crippen LogP contribution in [-0.2, 0) is 14.8 Å². The van der Waals surface area contributed by atoms with Crippen molar-refractivity contribution in [3.8, 4) is 0 Å². The first kappa shape index (κ1) is 26.7. The maximum Gasteiger partial charge on any atom is 0.337 e.